The largest absolute Gasteiger partial charge is 0.368 e. The molecule has 0 amide bonds. The number of rotatable bonds is 2. The van der Waals surface area contributed by atoms with E-state index in [1.807, 2.05) is 24.8 Å². The van der Waals surface area contributed by atoms with Gasteiger partial charge in [-0.25, -0.2) is 15.0 Å². The summed E-state index contributed by atoms with van der Waals surface area (Å²) in [5.74, 6) is 1.56. The Kier molecular flexibility index (Phi) is 4.69. The second-order valence-electron chi connectivity index (χ2n) is 9.60. The monoisotopic (exact) mass is 439 g/mol. The molecule has 1 fully saturated rings. The Hall–Kier alpha value is -3.32. The first kappa shape index (κ1) is 20.3. The van der Waals surface area contributed by atoms with Gasteiger partial charge in [-0.3, -0.25) is 4.98 Å². The standard InChI is InChI=1S/C26H29N7/c1-16-14-33(15-17(2)31-16)24-19(6-5-10-29-24)21-7-3-4-9-26(21)22-13-28-11-8-18(22)20-12-30-25(27)32-23(20)26/h4-6,8-13,16-17,21,31H,3,7,14-15H2,1-2H3,(H2,27,30,32)/t16-,17+,21?,26?. The smallest absolute Gasteiger partial charge is 0.220 e. The SMILES string of the molecule is C[C@@H]1CN(c2ncccc2C2CCC=CC23c2cnccc2-c2cnc(N)nc23)C[C@H](C)N1. The molecule has 3 aliphatic rings. The van der Waals surface area contributed by atoms with Crippen LogP contribution >= 0.6 is 0 Å². The van der Waals surface area contributed by atoms with Crippen LogP contribution in [0.15, 0.2) is 55.1 Å². The zero-order valence-corrected chi connectivity index (χ0v) is 19.1. The van der Waals surface area contributed by atoms with E-state index in [4.69, 9.17) is 15.7 Å². The fourth-order valence-corrected chi connectivity index (χ4v) is 6.24. The average molecular weight is 440 g/mol. The van der Waals surface area contributed by atoms with Crippen molar-refractivity contribution in [2.24, 2.45) is 0 Å². The number of nitrogens with one attached hydrogen (secondary N) is 1. The Balaban J connectivity index is 1.56. The lowest BCUT2D eigenvalue weighted by atomic mass is 9.63. The van der Waals surface area contributed by atoms with E-state index in [2.05, 4.69) is 64.4 Å². The third-order valence-electron chi connectivity index (χ3n) is 7.36. The maximum Gasteiger partial charge on any atom is 0.220 e. The molecule has 7 heteroatoms. The fraction of sp³-hybridized carbons (Fsp3) is 0.385. The molecule has 1 spiro atoms. The van der Waals surface area contributed by atoms with Gasteiger partial charge in [-0.05, 0) is 55.5 Å². The first-order valence-corrected chi connectivity index (χ1v) is 11.8. The Morgan fingerprint density at radius 2 is 1.91 bits per heavy atom. The highest BCUT2D eigenvalue weighted by atomic mass is 15.3. The van der Waals surface area contributed by atoms with Crippen molar-refractivity contribution in [1.82, 2.24) is 25.3 Å². The third-order valence-corrected chi connectivity index (χ3v) is 7.36. The molecule has 4 atom stereocenters. The van der Waals surface area contributed by atoms with E-state index in [1.165, 1.54) is 11.1 Å². The minimum absolute atomic E-state index is 0.171. The van der Waals surface area contributed by atoms with Gasteiger partial charge in [-0.15, -0.1) is 0 Å². The predicted molar refractivity (Wildman–Crippen MR) is 130 cm³/mol. The van der Waals surface area contributed by atoms with E-state index in [-0.39, 0.29) is 5.92 Å². The van der Waals surface area contributed by atoms with Gasteiger partial charge < -0.3 is 16.0 Å². The van der Waals surface area contributed by atoms with Gasteiger partial charge in [0, 0.05) is 61.4 Å². The zero-order valence-electron chi connectivity index (χ0n) is 19.1. The highest BCUT2D eigenvalue weighted by molar-refractivity contribution is 5.81. The maximum atomic E-state index is 6.13. The van der Waals surface area contributed by atoms with Gasteiger partial charge in [0.05, 0.1) is 11.1 Å². The van der Waals surface area contributed by atoms with Gasteiger partial charge in [-0.1, -0.05) is 18.2 Å². The van der Waals surface area contributed by atoms with Gasteiger partial charge in [-0.2, -0.15) is 0 Å². The number of nitrogen functional groups attached to an aromatic ring is 1. The summed E-state index contributed by atoms with van der Waals surface area (Å²) in [6.45, 7) is 6.36. The molecular weight excluding hydrogens is 410 g/mol. The zero-order chi connectivity index (χ0) is 22.6. The number of anilines is 2. The van der Waals surface area contributed by atoms with E-state index < -0.39 is 5.41 Å². The van der Waals surface area contributed by atoms with Crippen LogP contribution in [-0.2, 0) is 5.41 Å². The highest BCUT2D eigenvalue weighted by Crippen LogP contribution is 2.58. The summed E-state index contributed by atoms with van der Waals surface area (Å²) in [4.78, 5) is 21.1. The van der Waals surface area contributed by atoms with E-state index in [0.29, 0.717) is 18.0 Å². The molecule has 0 saturated carbocycles. The van der Waals surface area contributed by atoms with Crippen molar-refractivity contribution in [2.75, 3.05) is 23.7 Å². The van der Waals surface area contributed by atoms with E-state index in [9.17, 15) is 0 Å². The second-order valence-corrected chi connectivity index (χ2v) is 9.60. The molecule has 0 radical (unpaired) electrons. The lowest BCUT2D eigenvalue weighted by Gasteiger charge is -2.42. The summed E-state index contributed by atoms with van der Waals surface area (Å²) in [5.41, 5.74) is 11.3. The highest BCUT2D eigenvalue weighted by Gasteiger charge is 2.51. The topological polar surface area (TPSA) is 92.9 Å². The maximum absolute atomic E-state index is 6.13. The Morgan fingerprint density at radius 3 is 2.76 bits per heavy atom. The number of hydrogen-bond acceptors (Lipinski definition) is 7. The summed E-state index contributed by atoms with van der Waals surface area (Å²) in [6.07, 6.45) is 14.3. The number of allylic oxidation sites excluding steroid dienone is 2. The van der Waals surface area contributed by atoms with Crippen LogP contribution in [0.2, 0.25) is 0 Å². The van der Waals surface area contributed by atoms with E-state index >= 15 is 0 Å². The van der Waals surface area contributed by atoms with Crippen molar-refractivity contribution in [3.05, 3.63) is 72.0 Å². The summed E-state index contributed by atoms with van der Waals surface area (Å²) in [6, 6.07) is 7.21. The van der Waals surface area contributed by atoms with Crippen molar-refractivity contribution < 1.29 is 0 Å². The molecule has 33 heavy (non-hydrogen) atoms. The summed E-state index contributed by atoms with van der Waals surface area (Å²) in [7, 11) is 0. The average Bonchev–Trinajstić information content (AvgIpc) is 3.08. The van der Waals surface area contributed by atoms with Crippen LogP contribution < -0.4 is 16.0 Å². The van der Waals surface area contributed by atoms with E-state index in [0.717, 1.165) is 48.6 Å². The molecule has 0 bridgehead atoms. The number of fused-ring (bicyclic) bond motifs is 5. The number of aromatic nitrogens is 4. The van der Waals surface area contributed by atoms with Crippen molar-refractivity contribution in [2.45, 2.75) is 50.1 Å². The van der Waals surface area contributed by atoms with Crippen molar-refractivity contribution in [3.8, 4) is 11.1 Å². The number of nitrogens with two attached hydrogens (primary N) is 1. The predicted octanol–water partition coefficient (Wildman–Crippen LogP) is 3.44. The van der Waals surface area contributed by atoms with Gasteiger partial charge >= 0.3 is 0 Å². The van der Waals surface area contributed by atoms with Crippen LogP contribution in [0.4, 0.5) is 11.8 Å². The van der Waals surface area contributed by atoms with E-state index in [1.54, 1.807) is 0 Å². The van der Waals surface area contributed by atoms with Gasteiger partial charge in [0.1, 0.15) is 5.82 Å². The lowest BCUT2D eigenvalue weighted by Crippen LogP contribution is -2.55. The number of pyridine rings is 2. The molecule has 2 aliphatic carbocycles. The fourth-order valence-electron chi connectivity index (χ4n) is 6.24. The Labute approximate surface area is 194 Å². The number of piperazine rings is 1. The molecule has 3 N–H and O–H groups in total. The molecule has 1 saturated heterocycles. The molecule has 3 aromatic rings. The summed E-state index contributed by atoms with van der Waals surface area (Å²) < 4.78 is 0. The van der Waals surface area contributed by atoms with Crippen LogP contribution in [0.1, 0.15) is 49.4 Å². The first-order valence-electron chi connectivity index (χ1n) is 11.8. The molecule has 2 unspecified atom stereocenters. The summed E-state index contributed by atoms with van der Waals surface area (Å²) >= 11 is 0. The molecule has 7 nitrogen and oxygen atoms in total. The van der Waals surface area contributed by atoms with Crippen LogP contribution in [0.3, 0.4) is 0 Å². The van der Waals surface area contributed by atoms with Crippen molar-refractivity contribution in [1.29, 1.82) is 0 Å². The molecule has 3 aromatic heterocycles. The second kappa shape index (κ2) is 7.63. The van der Waals surface area contributed by atoms with Gasteiger partial charge in [0.25, 0.3) is 0 Å². The summed E-state index contributed by atoms with van der Waals surface area (Å²) in [5, 5.41) is 3.64. The lowest BCUT2D eigenvalue weighted by molar-refractivity contribution is 0.400. The van der Waals surface area contributed by atoms with Crippen LogP contribution in [0.5, 0.6) is 0 Å². The molecule has 0 aromatic carbocycles. The van der Waals surface area contributed by atoms with Gasteiger partial charge in [0.15, 0.2) is 0 Å². The normalized spacial score (nSPS) is 28.1. The molecule has 168 valence electrons. The molecule has 1 aliphatic heterocycles. The van der Waals surface area contributed by atoms with Crippen molar-refractivity contribution in [3.63, 3.8) is 0 Å². The third kappa shape index (κ3) is 3.06. The number of nitrogens with zero attached hydrogens (tertiary/aromatic N) is 5. The molecule has 4 heterocycles. The minimum Gasteiger partial charge on any atom is -0.368 e. The minimum atomic E-state index is -0.433. The van der Waals surface area contributed by atoms with Gasteiger partial charge in [0.2, 0.25) is 5.95 Å². The van der Waals surface area contributed by atoms with Crippen molar-refractivity contribution >= 4 is 11.8 Å². The number of hydrogen-bond donors (Lipinski definition) is 2. The quantitative estimate of drug-likeness (QED) is 0.591. The first-order chi connectivity index (χ1) is 16.1. The van der Waals surface area contributed by atoms with Crippen LogP contribution in [0.25, 0.3) is 11.1 Å². The Morgan fingerprint density at radius 1 is 1.06 bits per heavy atom. The Bertz CT molecular complexity index is 1230. The van der Waals surface area contributed by atoms with Crippen LogP contribution in [-0.4, -0.2) is 45.1 Å². The van der Waals surface area contributed by atoms with Crippen LogP contribution in [0, 0.1) is 0 Å². The molecule has 6 rings (SSSR count). The molecular formula is C26H29N7.